The fourth-order valence-corrected chi connectivity index (χ4v) is 2.49. The molecule has 2 aromatic carbocycles. The van der Waals surface area contributed by atoms with Crippen molar-refractivity contribution in [2.45, 2.75) is 20.0 Å². The van der Waals surface area contributed by atoms with Gasteiger partial charge in [-0.15, -0.1) is 0 Å². The minimum absolute atomic E-state index is 0.0471. The van der Waals surface area contributed by atoms with Gasteiger partial charge in [0.2, 0.25) is 5.91 Å². The summed E-state index contributed by atoms with van der Waals surface area (Å²) in [6.45, 7) is 3.48. The highest BCUT2D eigenvalue weighted by atomic mass is 19.4. The van der Waals surface area contributed by atoms with Crippen molar-refractivity contribution in [3.05, 3.63) is 70.3 Å². The van der Waals surface area contributed by atoms with Crippen molar-refractivity contribution < 1.29 is 22.8 Å². The number of hydrogen-bond acceptors (Lipinski definition) is 2. The van der Waals surface area contributed by atoms with E-state index in [4.69, 9.17) is 0 Å². The zero-order valence-corrected chi connectivity index (χ0v) is 15.4. The SMILES string of the molecule is Cc1cc(C)cc(C(=O)NCC(=O)NCC#Cc2cccc(C(F)(F)F)c2)c1. The van der Waals surface area contributed by atoms with Crippen LogP contribution >= 0.6 is 0 Å². The number of amides is 2. The summed E-state index contributed by atoms with van der Waals surface area (Å²) in [4.78, 5) is 23.8. The Balaban J connectivity index is 1.82. The Hall–Kier alpha value is -3.27. The van der Waals surface area contributed by atoms with E-state index in [0.29, 0.717) is 5.56 Å². The summed E-state index contributed by atoms with van der Waals surface area (Å²) in [7, 11) is 0. The molecule has 0 unspecified atom stereocenters. The van der Waals surface area contributed by atoms with Crippen LogP contribution in [-0.4, -0.2) is 24.9 Å². The molecule has 0 saturated heterocycles. The van der Waals surface area contributed by atoms with E-state index in [1.54, 1.807) is 12.1 Å². The van der Waals surface area contributed by atoms with Crippen molar-refractivity contribution in [2.24, 2.45) is 0 Å². The Labute approximate surface area is 161 Å². The third-order valence-electron chi connectivity index (χ3n) is 3.69. The van der Waals surface area contributed by atoms with Crippen LogP contribution in [0.15, 0.2) is 42.5 Å². The molecule has 0 aliphatic heterocycles. The van der Waals surface area contributed by atoms with Crippen molar-refractivity contribution in [3.63, 3.8) is 0 Å². The fourth-order valence-electron chi connectivity index (χ4n) is 2.49. The number of rotatable bonds is 4. The van der Waals surface area contributed by atoms with Gasteiger partial charge in [0.25, 0.3) is 5.91 Å². The van der Waals surface area contributed by atoms with Gasteiger partial charge in [0.05, 0.1) is 18.7 Å². The molecule has 2 amide bonds. The Kier molecular flexibility index (Phi) is 6.83. The maximum absolute atomic E-state index is 12.6. The lowest BCUT2D eigenvalue weighted by molar-refractivity contribution is -0.137. The second-order valence-corrected chi connectivity index (χ2v) is 6.22. The molecule has 7 heteroatoms. The standard InChI is InChI=1S/C21H19F3N2O2/c1-14-9-15(2)11-17(10-14)20(28)26-13-19(27)25-8-4-6-16-5-3-7-18(12-16)21(22,23)24/h3,5,7,9-12H,8,13H2,1-2H3,(H,25,27)(H,26,28). The molecule has 0 aromatic heterocycles. The van der Waals surface area contributed by atoms with E-state index in [-0.39, 0.29) is 24.6 Å². The van der Waals surface area contributed by atoms with Gasteiger partial charge < -0.3 is 10.6 Å². The summed E-state index contributed by atoms with van der Waals surface area (Å²) in [6.07, 6.45) is -4.43. The smallest absolute Gasteiger partial charge is 0.344 e. The highest BCUT2D eigenvalue weighted by Gasteiger charge is 2.30. The van der Waals surface area contributed by atoms with Crippen LogP contribution in [0.2, 0.25) is 0 Å². The van der Waals surface area contributed by atoms with Crippen LogP contribution in [0.5, 0.6) is 0 Å². The molecule has 0 bridgehead atoms. The van der Waals surface area contributed by atoms with Gasteiger partial charge in [0.15, 0.2) is 0 Å². The average molecular weight is 388 g/mol. The van der Waals surface area contributed by atoms with Crippen LogP contribution in [0.3, 0.4) is 0 Å². The molecule has 0 atom stereocenters. The number of carbonyl (C=O) groups excluding carboxylic acids is 2. The number of aryl methyl sites for hydroxylation is 2. The summed E-state index contributed by atoms with van der Waals surface area (Å²) < 4.78 is 37.9. The lowest BCUT2D eigenvalue weighted by Crippen LogP contribution is -2.37. The van der Waals surface area contributed by atoms with Gasteiger partial charge >= 0.3 is 6.18 Å². The summed E-state index contributed by atoms with van der Waals surface area (Å²) in [5.41, 5.74) is 1.78. The molecule has 0 radical (unpaired) electrons. The predicted molar refractivity (Wildman–Crippen MR) is 99.6 cm³/mol. The van der Waals surface area contributed by atoms with Crippen LogP contribution in [-0.2, 0) is 11.0 Å². The van der Waals surface area contributed by atoms with Gasteiger partial charge in [-0.1, -0.05) is 35.1 Å². The fraction of sp³-hybridized carbons (Fsp3) is 0.238. The number of carbonyl (C=O) groups is 2. The molecule has 2 aromatic rings. The monoisotopic (exact) mass is 388 g/mol. The van der Waals surface area contributed by atoms with Crippen molar-refractivity contribution in [1.82, 2.24) is 10.6 Å². The van der Waals surface area contributed by atoms with Crippen LogP contribution < -0.4 is 10.6 Å². The van der Waals surface area contributed by atoms with E-state index < -0.39 is 17.6 Å². The highest BCUT2D eigenvalue weighted by Crippen LogP contribution is 2.29. The Morgan fingerprint density at radius 2 is 1.68 bits per heavy atom. The predicted octanol–water partition coefficient (Wildman–Crippen LogP) is 3.22. The Morgan fingerprint density at radius 3 is 2.32 bits per heavy atom. The van der Waals surface area contributed by atoms with Crippen LogP contribution in [0.25, 0.3) is 0 Å². The first-order chi connectivity index (χ1) is 13.1. The molecule has 146 valence electrons. The minimum Gasteiger partial charge on any atom is -0.344 e. The molecule has 0 heterocycles. The Bertz CT molecular complexity index is 920. The van der Waals surface area contributed by atoms with Crippen LogP contribution in [0.4, 0.5) is 13.2 Å². The minimum atomic E-state index is -4.43. The maximum atomic E-state index is 12.6. The molecule has 0 spiro atoms. The number of alkyl halides is 3. The summed E-state index contributed by atoms with van der Waals surface area (Å²) >= 11 is 0. The van der Waals surface area contributed by atoms with Crippen molar-refractivity contribution in [1.29, 1.82) is 0 Å². The number of benzene rings is 2. The van der Waals surface area contributed by atoms with Crippen molar-refractivity contribution in [3.8, 4) is 11.8 Å². The second kappa shape index (κ2) is 9.09. The van der Waals surface area contributed by atoms with E-state index in [1.165, 1.54) is 12.1 Å². The molecule has 0 fully saturated rings. The van der Waals surface area contributed by atoms with E-state index in [9.17, 15) is 22.8 Å². The lowest BCUT2D eigenvalue weighted by Gasteiger charge is -2.07. The first-order valence-electron chi connectivity index (χ1n) is 8.44. The zero-order valence-electron chi connectivity index (χ0n) is 15.4. The van der Waals surface area contributed by atoms with Crippen LogP contribution in [0, 0.1) is 25.7 Å². The maximum Gasteiger partial charge on any atom is 0.416 e. The van der Waals surface area contributed by atoms with Crippen molar-refractivity contribution in [2.75, 3.05) is 13.1 Å². The van der Waals surface area contributed by atoms with Gasteiger partial charge in [-0.3, -0.25) is 9.59 Å². The van der Waals surface area contributed by atoms with E-state index in [1.807, 2.05) is 19.9 Å². The number of hydrogen-bond donors (Lipinski definition) is 2. The summed E-state index contributed by atoms with van der Waals surface area (Å²) in [5.74, 6) is 4.34. The molecule has 0 aliphatic carbocycles. The third kappa shape index (κ3) is 6.47. The molecule has 28 heavy (non-hydrogen) atoms. The largest absolute Gasteiger partial charge is 0.416 e. The molecule has 2 N–H and O–H groups in total. The van der Waals surface area contributed by atoms with Gasteiger partial charge in [0.1, 0.15) is 0 Å². The van der Waals surface area contributed by atoms with E-state index >= 15 is 0 Å². The zero-order chi connectivity index (χ0) is 20.7. The quantitative estimate of drug-likeness (QED) is 0.791. The van der Waals surface area contributed by atoms with Gasteiger partial charge in [-0.25, -0.2) is 0 Å². The van der Waals surface area contributed by atoms with Gasteiger partial charge in [0, 0.05) is 11.1 Å². The van der Waals surface area contributed by atoms with Gasteiger partial charge in [-0.2, -0.15) is 13.2 Å². The Morgan fingerprint density at radius 1 is 1.00 bits per heavy atom. The lowest BCUT2D eigenvalue weighted by atomic mass is 10.1. The van der Waals surface area contributed by atoms with Crippen molar-refractivity contribution >= 4 is 11.8 Å². The summed E-state index contributed by atoms with van der Waals surface area (Å²) in [5, 5.41) is 4.99. The number of nitrogens with one attached hydrogen (secondary N) is 2. The molecule has 0 aliphatic rings. The first kappa shape index (κ1) is 21.0. The number of halogens is 3. The molecular formula is C21H19F3N2O2. The molecule has 4 nitrogen and oxygen atoms in total. The second-order valence-electron chi connectivity index (χ2n) is 6.22. The molecule has 0 saturated carbocycles. The highest BCUT2D eigenvalue weighted by molar-refractivity contribution is 5.96. The first-order valence-corrected chi connectivity index (χ1v) is 8.44. The van der Waals surface area contributed by atoms with E-state index in [2.05, 4.69) is 22.5 Å². The summed E-state index contributed by atoms with van der Waals surface area (Å²) in [6, 6.07) is 10.0. The average Bonchev–Trinajstić information content (AvgIpc) is 2.62. The molecular weight excluding hydrogens is 369 g/mol. The van der Waals surface area contributed by atoms with Crippen LogP contribution in [0.1, 0.15) is 32.6 Å². The third-order valence-corrected chi connectivity index (χ3v) is 3.69. The topological polar surface area (TPSA) is 58.2 Å². The normalized spacial score (nSPS) is 10.6. The van der Waals surface area contributed by atoms with E-state index in [0.717, 1.165) is 23.3 Å². The molecule has 2 rings (SSSR count). The van der Waals surface area contributed by atoms with Gasteiger partial charge in [-0.05, 0) is 44.2 Å².